The highest BCUT2D eigenvalue weighted by molar-refractivity contribution is 5.92. The molecule has 0 saturated carbocycles. The highest BCUT2D eigenvalue weighted by Crippen LogP contribution is 2.39. The molecule has 2 aliphatic heterocycles. The lowest BCUT2D eigenvalue weighted by Crippen LogP contribution is -2.55. The van der Waals surface area contributed by atoms with Crippen molar-refractivity contribution < 1.29 is 33.7 Å². The van der Waals surface area contributed by atoms with E-state index in [9.17, 15) is 19.5 Å². The van der Waals surface area contributed by atoms with Gasteiger partial charge in [-0.25, -0.2) is 4.79 Å². The fraction of sp³-hybridized carbons (Fsp3) is 0.906. The summed E-state index contributed by atoms with van der Waals surface area (Å²) in [7, 11) is 0. The molecule has 226 valence electrons. The van der Waals surface area contributed by atoms with Crippen LogP contribution in [-0.2, 0) is 28.6 Å². The zero-order valence-electron chi connectivity index (χ0n) is 24.9. The van der Waals surface area contributed by atoms with Crippen molar-refractivity contribution in [1.29, 1.82) is 0 Å². The van der Waals surface area contributed by atoms with Gasteiger partial charge >= 0.3 is 17.9 Å². The highest BCUT2D eigenvalue weighted by Gasteiger charge is 2.58. The molecule has 0 aromatic heterocycles. The van der Waals surface area contributed by atoms with Crippen molar-refractivity contribution in [2.45, 2.75) is 185 Å². The van der Waals surface area contributed by atoms with Gasteiger partial charge in [0.1, 0.15) is 0 Å². The molecule has 2 aliphatic rings. The second-order valence-electron chi connectivity index (χ2n) is 11.9. The number of carbonyl (C=O) groups is 3. The molecule has 3 atom stereocenters. The summed E-state index contributed by atoms with van der Waals surface area (Å²) in [5.41, 5.74) is -2.23. The summed E-state index contributed by atoms with van der Waals surface area (Å²) < 4.78 is 17.2. The monoisotopic (exact) mass is 552 g/mol. The maximum Gasteiger partial charge on any atom is 0.342 e. The standard InChI is InChI=1S/C32H56O7/c1-3-5-7-9-11-12-13-14-15-16-17-18-20-22-24-32-27(23-21-19-10-8-6-4-2)37-28(33)25-31(36,30(35)39-32)26-29(34)38-32/h27,36H,3-26H2,1-2H3. The number of ether oxygens (including phenoxy) is 3. The predicted octanol–water partition coefficient (Wildman–Crippen LogP) is 7.84. The van der Waals surface area contributed by atoms with E-state index in [1.807, 2.05) is 0 Å². The quantitative estimate of drug-likeness (QED) is 0.108. The van der Waals surface area contributed by atoms with Crippen LogP contribution in [0.15, 0.2) is 0 Å². The van der Waals surface area contributed by atoms with Gasteiger partial charge in [0, 0.05) is 6.42 Å². The van der Waals surface area contributed by atoms with Crippen LogP contribution in [0.4, 0.5) is 0 Å². The first-order valence-electron chi connectivity index (χ1n) is 16.2. The second kappa shape index (κ2) is 18.7. The van der Waals surface area contributed by atoms with E-state index in [0.717, 1.165) is 51.4 Å². The van der Waals surface area contributed by atoms with Gasteiger partial charge in [0.2, 0.25) is 0 Å². The minimum atomic E-state index is -2.23. The molecule has 2 fully saturated rings. The van der Waals surface area contributed by atoms with E-state index in [1.165, 1.54) is 70.6 Å². The van der Waals surface area contributed by atoms with E-state index in [-0.39, 0.29) is 6.42 Å². The smallest absolute Gasteiger partial charge is 0.342 e. The van der Waals surface area contributed by atoms with E-state index in [2.05, 4.69) is 13.8 Å². The van der Waals surface area contributed by atoms with E-state index < -0.39 is 48.2 Å². The molecule has 0 spiro atoms. The number of carbonyl (C=O) groups excluding carboxylic acids is 3. The van der Waals surface area contributed by atoms with Gasteiger partial charge in [-0.05, 0) is 19.3 Å². The maximum atomic E-state index is 12.9. The van der Waals surface area contributed by atoms with Crippen LogP contribution >= 0.6 is 0 Å². The summed E-state index contributed by atoms with van der Waals surface area (Å²) in [5.74, 6) is -4.02. The Morgan fingerprint density at radius 3 is 1.56 bits per heavy atom. The molecular formula is C32H56O7. The number of unbranched alkanes of at least 4 members (excludes halogenated alkanes) is 18. The SMILES string of the molecule is CCCCCCCCCCCCCCCCC12OC(=O)CC(O)(CC(=O)OC1CCCCCCCC)C(=O)O2. The number of rotatable bonds is 22. The number of cyclic esters (lactones) is 1. The first-order valence-corrected chi connectivity index (χ1v) is 16.2. The Hall–Kier alpha value is -1.63. The number of esters is 3. The average Bonchev–Trinajstić information content (AvgIpc) is 2.95. The van der Waals surface area contributed by atoms with Crippen molar-refractivity contribution in [3.8, 4) is 0 Å². The van der Waals surface area contributed by atoms with Crippen LogP contribution in [-0.4, -0.2) is 40.5 Å². The van der Waals surface area contributed by atoms with Gasteiger partial charge in [-0.1, -0.05) is 129 Å². The first-order chi connectivity index (χ1) is 18.8. The van der Waals surface area contributed by atoms with Crippen molar-refractivity contribution in [1.82, 2.24) is 0 Å². The third-order valence-electron chi connectivity index (χ3n) is 8.27. The zero-order valence-corrected chi connectivity index (χ0v) is 24.9. The Bertz CT molecular complexity index is 723. The van der Waals surface area contributed by atoms with Crippen LogP contribution in [0.5, 0.6) is 0 Å². The van der Waals surface area contributed by atoms with Crippen LogP contribution in [0.2, 0.25) is 0 Å². The molecule has 2 bridgehead atoms. The summed E-state index contributed by atoms with van der Waals surface area (Å²) in [6, 6.07) is 0. The number of aliphatic hydroxyl groups is 1. The average molecular weight is 553 g/mol. The predicted molar refractivity (Wildman–Crippen MR) is 152 cm³/mol. The van der Waals surface area contributed by atoms with Crippen LogP contribution in [0.25, 0.3) is 0 Å². The van der Waals surface area contributed by atoms with Crippen LogP contribution in [0.1, 0.15) is 168 Å². The third-order valence-corrected chi connectivity index (χ3v) is 8.27. The molecule has 39 heavy (non-hydrogen) atoms. The zero-order chi connectivity index (χ0) is 28.4. The normalized spacial score (nSPS) is 25.0. The van der Waals surface area contributed by atoms with E-state index >= 15 is 0 Å². The van der Waals surface area contributed by atoms with Gasteiger partial charge in [-0.3, -0.25) is 9.59 Å². The molecule has 0 radical (unpaired) electrons. The molecule has 2 rings (SSSR count). The minimum Gasteiger partial charge on any atom is -0.454 e. The Kier molecular flexibility index (Phi) is 16.1. The Morgan fingerprint density at radius 1 is 0.615 bits per heavy atom. The number of hydrogen-bond donors (Lipinski definition) is 1. The van der Waals surface area contributed by atoms with Gasteiger partial charge in [0.25, 0.3) is 5.79 Å². The van der Waals surface area contributed by atoms with E-state index in [0.29, 0.717) is 12.8 Å². The van der Waals surface area contributed by atoms with Gasteiger partial charge in [-0.15, -0.1) is 0 Å². The summed E-state index contributed by atoms with van der Waals surface area (Å²) in [5, 5.41) is 10.7. The van der Waals surface area contributed by atoms with Crippen molar-refractivity contribution in [3.63, 3.8) is 0 Å². The lowest BCUT2D eigenvalue weighted by Gasteiger charge is -2.39. The van der Waals surface area contributed by atoms with Gasteiger partial charge < -0.3 is 19.3 Å². The molecular weight excluding hydrogens is 496 g/mol. The second-order valence-corrected chi connectivity index (χ2v) is 11.9. The molecule has 0 aliphatic carbocycles. The van der Waals surface area contributed by atoms with Crippen molar-refractivity contribution >= 4 is 17.9 Å². The summed E-state index contributed by atoms with van der Waals surface area (Å²) in [4.78, 5) is 38.2. The fourth-order valence-corrected chi connectivity index (χ4v) is 5.83. The summed E-state index contributed by atoms with van der Waals surface area (Å²) in [6.45, 7) is 4.42. The molecule has 1 N–H and O–H groups in total. The molecule has 0 aromatic carbocycles. The number of fused-ring (bicyclic) bond motifs is 3. The molecule has 0 aromatic rings. The van der Waals surface area contributed by atoms with Gasteiger partial charge in [-0.2, -0.15) is 0 Å². The molecule has 2 saturated heterocycles. The highest BCUT2D eigenvalue weighted by atomic mass is 16.8. The van der Waals surface area contributed by atoms with Crippen molar-refractivity contribution in [3.05, 3.63) is 0 Å². The molecule has 7 nitrogen and oxygen atoms in total. The molecule has 2 heterocycles. The van der Waals surface area contributed by atoms with Gasteiger partial charge in [0.15, 0.2) is 11.7 Å². The third kappa shape index (κ3) is 12.2. The topological polar surface area (TPSA) is 99.1 Å². The minimum absolute atomic E-state index is 0.270. The van der Waals surface area contributed by atoms with E-state index in [4.69, 9.17) is 14.2 Å². The molecule has 7 heteroatoms. The van der Waals surface area contributed by atoms with Crippen LogP contribution in [0, 0.1) is 0 Å². The maximum absolute atomic E-state index is 12.9. The summed E-state index contributed by atoms with van der Waals surface area (Å²) in [6.07, 6.45) is 22.1. The molecule has 3 unspecified atom stereocenters. The van der Waals surface area contributed by atoms with Crippen LogP contribution < -0.4 is 0 Å². The Labute approximate surface area is 237 Å². The fourth-order valence-electron chi connectivity index (χ4n) is 5.83. The van der Waals surface area contributed by atoms with Gasteiger partial charge in [0.05, 0.1) is 12.8 Å². The Morgan fingerprint density at radius 2 is 1.05 bits per heavy atom. The largest absolute Gasteiger partial charge is 0.454 e. The lowest BCUT2D eigenvalue weighted by atomic mass is 9.93. The van der Waals surface area contributed by atoms with E-state index in [1.54, 1.807) is 0 Å². The molecule has 0 amide bonds. The first kappa shape index (κ1) is 33.6. The van der Waals surface area contributed by atoms with Crippen molar-refractivity contribution in [2.75, 3.05) is 0 Å². The Balaban J connectivity index is 1.81. The van der Waals surface area contributed by atoms with Crippen LogP contribution in [0.3, 0.4) is 0 Å². The number of hydrogen-bond acceptors (Lipinski definition) is 7. The van der Waals surface area contributed by atoms with Crippen molar-refractivity contribution in [2.24, 2.45) is 0 Å². The lowest BCUT2D eigenvalue weighted by molar-refractivity contribution is -0.273. The summed E-state index contributed by atoms with van der Waals surface area (Å²) >= 11 is 0.